The Bertz CT molecular complexity index is 770. The lowest BCUT2D eigenvalue weighted by Crippen LogP contribution is -2.31. The molecule has 25 heavy (non-hydrogen) atoms. The molecule has 3 rings (SSSR count). The second-order valence-electron chi connectivity index (χ2n) is 6.85. The second-order valence-corrected chi connectivity index (χ2v) is 6.85. The summed E-state index contributed by atoms with van der Waals surface area (Å²) in [4.78, 5) is 17.3. The van der Waals surface area contributed by atoms with E-state index in [9.17, 15) is 4.79 Å². The molecule has 1 atom stereocenters. The molecule has 132 valence electrons. The van der Waals surface area contributed by atoms with E-state index in [4.69, 9.17) is 4.74 Å². The van der Waals surface area contributed by atoms with Gasteiger partial charge in [0.1, 0.15) is 5.75 Å². The van der Waals surface area contributed by atoms with Crippen LogP contribution in [0, 0.1) is 6.92 Å². The van der Waals surface area contributed by atoms with Crippen molar-refractivity contribution in [2.24, 2.45) is 0 Å². The van der Waals surface area contributed by atoms with E-state index in [0.717, 1.165) is 30.6 Å². The fraction of sp³-hybridized carbons (Fsp3) is 0.381. The van der Waals surface area contributed by atoms with E-state index < -0.39 is 0 Å². The number of hydrogen-bond acceptors (Lipinski definition) is 3. The zero-order chi connectivity index (χ0) is 18.0. The van der Waals surface area contributed by atoms with Crippen LogP contribution in [-0.2, 0) is 0 Å². The van der Waals surface area contributed by atoms with Crippen molar-refractivity contribution < 1.29 is 9.53 Å². The minimum atomic E-state index is 0.0506. The van der Waals surface area contributed by atoms with E-state index in [1.165, 1.54) is 5.56 Å². The lowest BCUT2D eigenvalue weighted by molar-refractivity contribution is 0.0732. The van der Waals surface area contributed by atoms with Crippen LogP contribution in [0.5, 0.6) is 5.75 Å². The van der Waals surface area contributed by atoms with Crippen LogP contribution in [0.2, 0.25) is 0 Å². The highest BCUT2D eigenvalue weighted by Crippen LogP contribution is 2.35. The third-order valence-electron chi connectivity index (χ3n) is 4.87. The Morgan fingerprint density at radius 3 is 2.72 bits per heavy atom. The molecule has 0 spiro atoms. The van der Waals surface area contributed by atoms with Crippen LogP contribution in [0.4, 0.5) is 5.69 Å². The number of amides is 1. The maximum absolute atomic E-state index is 13.2. The minimum Gasteiger partial charge on any atom is -0.496 e. The van der Waals surface area contributed by atoms with E-state index in [1.54, 1.807) is 7.11 Å². The Hall–Kier alpha value is -2.49. The molecule has 1 unspecified atom stereocenters. The molecule has 0 bridgehead atoms. The van der Waals surface area contributed by atoms with Gasteiger partial charge in [0.2, 0.25) is 0 Å². The molecular weight excluding hydrogens is 312 g/mol. The van der Waals surface area contributed by atoms with Crippen LogP contribution < -0.4 is 9.64 Å². The van der Waals surface area contributed by atoms with E-state index in [-0.39, 0.29) is 11.9 Å². The maximum Gasteiger partial charge on any atom is 0.258 e. The Morgan fingerprint density at radius 2 is 2.00 bits per heavy atom. The molecule has 1 amide bonds. The summed E-state index contributed by atoms with van der Waals surface area (Å²) in [6.07, 6.45) is 2.02. The number of ether oxygens (including phenoxy) is 1. The van der Waals surface area contributed by atoms with Crippen LogP contribution in [0.3, 0.4) is 0 Å². The summed E-state index contributed by atoms with van der Waals surface area (Å²) < 4.78 is 5.44. The summed E-state index contributed by atoms with van der Waals surface area (Å²) in [6, 6.07) is 14.4. The Kier molecular flexibility index (Phi) is 4.98. The first-order valence-electron chi connectivity index (χ1n) is 8.74. The highest BCUT2D eigenvalue weighted by atomic mass is 16.5. The lowest BCUT2D eigenvalue weighted by Gasteiger charge is -2.27. The summed E-state index contributed by atoms with van der Waals surface area (Å²) in [7, 11) is 5.69. The van der Waals surface area contributed by atoms with Crippen molar-refractivity contribution in [2.45, 2.75) is 25.8 Å². The van der Waals surface area contributed by atoms with Crippen LogP contribution in [-0.4, -0.2) is 38.6 Å². The first-order valence-corrected chi connectivity index (χ1v) is 8.74. The first kappa shape index (κ1) is 17.3. The number of carbonyl (C=O) groups is 1. The smallest absolute Gasteiger partial charge is 0.258 e. The number of methoxy groups -OCH3 is 1. The number of carbonyl (C=O) groups excluding carboxylic acids is 1. The number of aryl methyl sites for hydroxylation is 1. The number of hydrogen-bond donors (Lipinski definition) is 0. The fourth-order valence-electron chi connectivity index (χ4n) is 3.50. The zero-order valence-corrected chi connectivity index (χ0v) is 15.5. The highest BCUT2D eigenvalue weighted by molar-refractivity contribution is 5.97. The van der Waals surface area contributed by atoms with Gasteiger partial charge in [0.25, 0.3) is 5.91 Å². The highest BCUT2D eigenvalue weighted by Gasteiger charge is 2.32. The van der Waals surface area contributed by atoms with Crippen molar-refractivity contribution in [1.29, 1.82) is 0 Å². The van der Waals surface area contributed by atoms with Gasteiger partial charge in [0, 0.05) is 26.3 Å². The number of rotatable bonds is 4. The van der Waals surface area contributed by atoms with Crippen LogP contribution >= 0.6 is 0 Å². The molecule has 2 aromatic carbocycles. The summed E-state index contributed by atoms with van der Waals surface area (Å²) in [5.41, 5.74) is 4.08. The van der Waals surface area contributed by atoms with Crippen molar-refractivity contribution in [2.75, 3.05) is 32.6 Å². The van der Waals surface area contributed by atoms with Gasteiger partial charge >= 0.3 is 0 Å². The third-order valence-corrected chi connectivity index (χ3v) is 4.87. The van der Waals surface area contributed by atoms with Crippen molar-refractivity contribution >= 4 is 11.6 Å². The number of likely N-dealkylation sites (tertiary alicyclic amines) is 1. The van der Waals surface area contributed by atoms with Crippen molar-refractivity contribution in [3.05, 3.63) is 59.2 Å². The topological polar surface area (TPSA) is 32.8 Å². The quantitative estimate of drug-likeness (QED) is 0.843. The van der Waals surface area contributed by atoms with Crippen LogP contribution in [0.1, 0.15) is 40.4 Å². The normalized spacial score (nSPS) is 16.8. The fourth-order valence-corrected chi connectivity index (χ4v) is 3.50. The molecule has 0 saturated carbocycles. The molecule has 1 fully saturated rings. The summed E-state index contributed by atoms with van der Waals surface area (Å²) in [6.45, 7) is 2.79. The molecule has 1 aliphatic heterocycles. The average molecular weight is 338 g/mol. The molecule has 0 N–H and O–H groups in total. The van der Waals surface area contributed by atoms with Crippen molar-refractivity contribution in [1.82, 2.24) is 4.90 Å². The van der Waals surface area contributed by atoms with Gasteiger partial charge in [0.05, 0.1) is 18.7 Å². The number of anilines is 1. The standard InChI is InChI=1S/C21H26N2O2/c1-15-10-11-18(20(13-15)25-4)21(24)23-12-6-9-19(23)16-7-5-8-17(14-16)22(2)3/h5,7-8,10-11,13-14,19H,6,9,12H2,1-4H3. The van der Waals surface area contributed by atoms with Gasteiger partial charge < -0.3 is 14.5 Å². The zero-order valence-electron chi connectivity index (χ0n) is 15.5. The van der Waals surface area contributed by atoms with Crippen LogP contribution in [0.15, 0.2) is 42.5 Å². The largest absolute Gasteiger partial charge is 0.496 e. The molecule has 2 aromatic rings. The van der Waals surface area contributed by atoms with E-state index in [1.807, 2.05) is 44.1 Å². The molecule has 1 heterocycles. The molecular formula is C21H26N2O2. The predicted octanol–water partition coefficient (Wildman–Crippen LogP) is 4.05. The Balaban J connectivity index is 1.91. The molecule has 4 nitrogen and oxygen atoms in total. The van der Waals surface area contributed by atoms with E-state index in [0.29, 0.717) is 11.3 Å². The van der Waals surface area contributed by atoms with Gasteiger partial charge in [-0.3, -0.25) is 4.79 Å². The van der Waals surface area contributed by atoms with Crippen molar-refractivity contribution in [3.8, 4) is 5.75 Å². The van der Waals surface area contributed by atoms with Gasteiger partial charge in [-0.25, -0.2) is 0 Å². The second kappa shape index (κ2) is 7.18. The number of benzene rings is 2. The molecule has 0 radical (unpaired) electrons. The lowest BCUT2D eigenvalue weighted by atomic mass is 10.0. The van der Waals surface area contributed by atoms with Gasteiger partial charge in [0.15, 0.2) is 0 Å². The van der Waals surface area contributed by atoms with E-state index >= 15 is 0 Å². The van der Waals surface area contributed by atoms with Crippen molar-refractivity contribution in [3.63, 3.8) is 0 Å². The SMILES string of the molecule is COc1cc(C)ccc1C(=O)N1CCCC1c1cccc(N(C)C)c1. The molecule has 1 aliphatic rings. The molecule has 1 saturated heterocycles. The van der Waals surface area contributed by atoms with Gasteiger partial charge in [-0.15, -0.1) is 0 Å². The monoisotopic (exact) mass is 338 g/mol. The van der Waals surface area contributed by atoms with Crippen LogP contribution in [0.25, 0.3) is 0 Å². The third kappa shape index (κ3) is 3.48. The molecule has 4 heteroatoms. The van der Waals surface area contributed by atoms with Gasteiger partial charge in [-0.2, -0.15) is 0 Å². The maximum atomic E-state index is 13.2. The first-order chi connectivity index (χ1) is 12.0. The Morgan fingerprint density at radius 1 is 1.20 bits per heavy atom. The predicted molar refractivity (Wildman–Crippen MR) is 102 cm³/mol. The van der Waals surface area contributed by atoms with E-state index in [2.05, 4.69) is 29.2 Å². The van der Waals surface area contributed by atoms with Gasteiger partial charge in [-0.05, 0) is 55.2 Å². The average Bonchev–Trinajstić information content (AvgIpc) is 3.10. The summed E-state index contributed by atoms with van der Waals surface area (Å²) >= 11 is 0. The number of nitrogens with zero attached hydrogens (tertiary/aromatic N) is 2. The molecule has 0 aromatic heterocycles. The molecule has 0 aliphatic carbocycles. The van der Waals surface area contributed by atoms with Gasteiger partial charge in [-0.1, -0.05) is 18.2 Å². The Labute approximate surface area is 150 Å². The summed E-state index contributed by atoms with van der Waals surface area (Å²) in [5, 5.41) is 0. The minimum absolute atomic E-state index is 0.0506. The summed E-state index contributed by atoms with van der Waals surface area (Å²) in [5.74, 6) is 0.701.